The Morgan fingerprint density at radius 1 is 1.17 bits per heavy atom. The van der Waals surface area contributed by atoms with Gasteiger partial charge in [0.2, 0.25) is 0 Å². The molecule has 0 radical (unpaired) electrons. The van der Waals surface area contributed by atoms with Crippen molar-refractivity contribution >= 4 is 22.6 Å². The van der Waals surface area contributed by atoms with E-state index in [2.05, 4.69) is 35.1 Å². The van der Waals surface area contributed by atoms with E-state index in [1.165, 1.54) is 0 Å². The fraction of sp³-hybridized carbons (Fsp3) is 0.308. The quantitative estimate of drug-likeness (QED) is 0.880. The lowest BCUT2D eigenvalue weighted by Crippen LogP contribution is -2.37. The van der Waals surface area contributed by atoms with E-state index < -0.39 is 0 Å². The van der Waals surface area contributed by atoms with Gasteiger partial charge in [0.05, 0.1) is 12.8 Å². The van der Waals surface area contributed by atoms with Crippen LogP contribution in [0.15, 0.2) is 34.7 Å². The number of hydrazine groups is 1. The molecular formula is C13H17N3OS. The topological polar surface area (TPSA) is 45.6 Å². The van der Waals surface area contributed by atoms with Gasteiger partial charge in [0.25, 0.3) is 0 Å². The van der Waals surface area contributed by atoms with Gasteiger partial charge in [0.1, 0.15) is 5.75 Å². The molecular weight excluding hydrogens is 246 g/mol. The van der Waals surface area contributed by atoms with Crippen LogP contribution in [-0.4, -0.2) is 18.3 Å². The molecule has 0 spiro atoms. The number of nitrogens with zero attached hydrogens (tertiary/aromatic N) is 1. The van der Waals surface area contributed by atoms with E-state index in [1.54, 1.807) is 18.9 Å². The van der Waals surface area contributed by atoms with Gasteiger partial charge in [0, 0.05) is 17.0 Å². The van der Waals surface area contributed by atoms with Gasteiger partial charge in [-0.3, -0.25) is 15.8 Å². The van der Waals surface area contributed by atoms with Gasteiger partial charge in [-0.25, -0.2) is 0 Å². The summed E-state index contributed by atoms with van der Waals surface area (Å²) in [6.45, 7) is 4.11. The third-order valence-electron chi connectivity index (χ3n) is 2.37. The summed E-state index contributed by atoms with van der Waals surface area (Å²) in [5.41, 5.74) is 8.38. The summed E-state index contributed by atoms with van der Waals surface area (Å²) < 4.78 is 5.14. The summed E-state index contributed by atoms with van der Waals surface area (Å²) in [7, 11) is 1.67. The molecule has 96 valence electrons. The lowest BCUT2D eigenvalue weighted by molar-refractivity contribution is 0.415. The van der Waals surface area contributed by atoms with Crippen LogP contribution in [0.5, 0.6) is 5.75 Å². The van der Waals surface area contributed by atoms with Gasteiger partial charge < -0.3 is 4.74 Å². The Kier molecular flexibility index (Phi) is 4.15. The number of ether oxygens (including phenoxy) is 1. The Morgan fingerprint density at radius 2 is 1.89 bits per heavy atom. The van der Waals surface area contributed by atoms with E-state index in [4.69, 9.17) is 4.74 Å². The third-order valence-corrected chi connectivity index (χ3v) is 3.15. The lowest BCUT2D eigenvalue weighted by Gasteiger charge is -2.19. The van der Waals surface area contributed by atoms with E-state index in [0.29, 0.717) is 0 Å². The van der Waals surface area contributed by atoms with E-state index in [0.717, 1.165) is 22.2 Å². The minimum absolute atomic E-state index is 0.290. The lowest BCUT2D eigenvalue weighted by atomic mass is 10.2. The maximum atomic E-state index is 5.14. The average Bonchev–Trinajstić information content (AvgIpc) is 2.39. The van der Waals surface area contributed by atoms with Crippen LogP contribution < -0.4 is 15.6 Å². The molecule has 4 nitrogen and oxygen atoms in total. The van der Waals surface area contributed by atoms with Crippen molar-refractivity contribution in [2.75, 3.05) is 7.11 Å². The Morgan fingerprint density at radius 3 is 2.39 bits per heavy atom. The molecule has 5 heteroatoms. The first kappa shape index (κ1) is 12.8. The first-order chi connectivity index (χ1) is 8.69. The standard InChI is InChI=1S/C13H17N3OS/c1-9(2)14-13-16-15-12(8-18-13)10-4-6-11(17-3)7-5-10/h4-9,15H,1-3H3,(H,14,16). The molecule has 0 saturated carbocycles. The van der Waals surface area contributed by atoms with Crippen LogP contribution in [-0.2, 0) is 0 Å². The second kappa shape index (κ2) is 5.82. The molecule has 0 unspecified atom stereocenters. The number of rotatable bonds is 3. The number of thioether (sulfide) groups is 1. The monoisotopic (exact) mass is 263 g/mol. The van der Waals surface area contributed by atoms with Gasteiger partial charge in [-0.1, -0.05) is 11.8 Å². The highest BCUT2D eigenvalue weighted by Gasteiger charge is 2.10. The number of amidine groups is 1. The minimum Gasteiger partial charge on any atom is -0.497 e. The number of aliphatic imine (C=N–C) groups is 1. The smallest absolute Gasteiger partial charge is 0.180 e. The zero-order chi connectivity index (χ0) is 13.0. The Labute approximate surface area is 111 Å². The zero-order valence-electron chi connectivity index (χ0n) is 10.7. The van der Waals surface area contributed by atoms with Crippen molar-refractivity contribution in [3.63, 3.8) is 0 Å². The highest BCUT2D eigenvalue weighted by Crippen LogP contribution is 2.22. The average molecular weight is 263 g/mol. The first-order valence-corrected chi connectivity index (χ1v) is 6.68. The van der Waals surface area contributed by atoms with Crippen LogP contribution in [0.4, 0.5) is 0 Å². The van der Waals surface area contributed by atoms with Crippen molar-refractivity contribution in [1.82, 2.24) is 10.9 Å². The Hall–Kier alpha value is -1.62. The second-order valence-corrected chi connectivity index (χ2v) is 5.01. The van der Waals surface area contributed by atoms with Crippen LogP contribution >= 0.6 is 11.8 Å². The predicted molar refractivity (Wildman–Crippen MR) is 77.4 cm³/mol. The van der Waals surface area contributed by atoms with Crippen molar-refractivity contribution < 1.29 is 4.74 Å². The van der Waals surface area contributed by atoms with Gasteiger partial charge in [-0.2, -0.15) is 0 Å². The molecule has 0 amide bonds. The van der Waals surface area contributed by atoms with Crippen molar-refractivity contribution in [1.29, 1.82) is 0 Å². The van der Waals surface area contributed by atoms with Crippen molar-refractivity contribution in [3.05, 3.63) is 35.2 Å². The van der Waals surface area contributed by atoms with E-state index in [9.17, 15) is 0 Å². The van der Waals surface area contributed by atoms with E-state index in [-0.39, 0.29) is 6.04 Å². The zero-order valence-corrected chi connectivity index (χ0v) is 11.5. The second-order valence-electron chi connectivity index (χ2n) is 4.16. The summed E-state index contributed by atoms with van der Waals surface area (Å²) in [5, 5.41) is 2.95. The fourth-order valence-corrected chi connectivity index (χ4v) is 2.31. The van der Waals surface area contributed by atoms with Gasteiger partial charge >= 0.3 is 0 Å². The van der Waals surface area contributed by atoms with E-state index >= 15 is 0 Å². The molecule has 0 aliphatic carbocycles. The number of hydrogen-bond acceptors (Lipinski definition) is 4. The van der Waals surface area contributed by atoms with Crippen molar-refractivity contribution in [2.24, 2.45) is 4.99 Å². The molecule has 1 heterocycles. The molecule has 0 aromatic heterocycles. The third kappa shape index (κ3) is 3.20. The Bertz CT molecular complexity index is 466. The molecule has 1 aliphatic rings. The number of benzene rings is 1. The minimum atomic E-state index is 0.290. The van der Waals surface area contributed by atoms with Crippen molar-refractivity contribution in [2.45, 2.75) is 19.9 Å². The predicted octanol–water partition coefficient (Wildman–Crippen LogP) is 2.60. The van der Waals surface area contributed by atoms with Crippen LogP contribution in [0.1, 0.15) is 19.4 Å². The maximum Gasteiger partial charge on any atom is 0.180 e. The van der Waals surface area contributed by atoms with E-state index in [1.807, 2.05) is 24.3 Å². The number of nitrogens with one attached hydrogen (secondary N) is 2. The van der Waals surface area contributed by atoms with Crippen LogP contribution in [0.3, 0.4) is 0 Å². The molecule has 18 heavy (non-hydrogen) atoms. The highest BCUT2D eigenvalue weighted by molar-refractivity contribution is 8.16. The van der Waals surface area contributed by atoms with Crippen LogP contribution in [0.25, 0.3) is 5.70 Å². The van der Waals surface area contributed by atoms with Crippen LogP contribution in [0, 0.1) is 0 Å². The molecule has 1 aliphatic heterocycles. The normalized spacial score (nSPS) is 17.1. The summed E-state index contributed by atoms with van der Waals surface area (Å²) >= 11 is 1.59. The van der Waals surface area contributed by atoms with Crippen LogP contribution in [0.2, 0.25) is 0 Å². The molecule has 1 aromatic carbocycles. The van der Waals surface area contributed by atoms with Crippen molar-refractivity contribution in [3.8, 4) is 5.75 Å². The maximum absolute atomic E-state index is 5.14. The number of hydrogen-bond donors (Lipinski definition) is 2. The van der Waals surface area contributed by atoms with Gasteiger partial charge in [-0.15, -0.1) is 0 Å². The molecule has 0 saturated heterocycles. The molecule has 2 N–H and O–H groups in total. The molecule has 1 aromatic rings. The summed E-state index contributed by atoms with van der Waals surface area (Å²) in [6.07, 6.45) is 0. The Balaban J connectivity index is 2.09. The highest BCUT2D eigenvalue weighted by atomic mass is 32.2. The summed E-state index contributed by atoms with van der Waals surface area (Å²) in [4.78, 5) is 4.43. The molecule has 0 bridgehead atoms. The molecule has 0 atom stereocenters. The fourth-order valence-electron chi connectivity index (χ4n) is 1.50. The SMILES string of the molecule is COc1ccc(C2=CSC(=NC(C)C)NN2)cc1. The number of methoxy groups -OCH3 is 1. The molecule has 2 rings (SSSR count). The summed E-state index contributed by atoms with van der Waals surface area (Å²) in [6, 6.07) is 8.22. The van der Waals surface area contributed by atoms with Gasteiger partial charge in [-0.05, 0) is 38.1 Å². The molecule has 0 fully saturated rings. The first-order valence-electron chi connectivity index (χ1n) is 5.80. The van der Waals surface area contributed by atoms with Gasteiger partial charge in [0.15, 0.2) is 5.17 Å². The summed E-state index contributed by atoms with van der Waals surface area (Å²) in [5.74, 6) is 0.859. The largest absolute Gasteiger partial charge is 0.497 e.